The molecule has 0 fully saturated rings. The average molecular weight is 446 g/mol. The van der Waals surface area contributed by atoms with Gasteiger partial charge in [0.2, 0.25) is 5.91 Å². The molecule has 1 aliphatic rings. The maximum absolute atomic E-state index is 13.4. The first kappa shape index (κ1) is 22.0. The number of primary amides is 1. The van der Waals surface area contributed by atoms with Crippen LogP contribution in [-0.2, 0) is 24.3 Å². The Kier molecular flexibility index (Phi) is 6.35. The molecule has 33 heavy (non-hydrogen) atoms. The predicted molar refractivity (Wildman–Crippen MR) is 122 cm³/mol. The SMILES string of the molecule is NC(=O)[C@@H](Cc1ccccc1)NC(=O)c1ccc(NC(=O)N2Cc3ccc(F)cc3C2)cc1. The fourth-order valence-corrected chi connectivity index (χ4v) is 3.73. The second-order valence-electron chi connectivity index (χ2n) is 7.89. The zero-order chi connectivity index (χ0) is 23.4. The van der Waals surface area contributed by atoms with Crippen LogP contribution in [0.15, 0.2) is 72.8 Å². The topological polar surface area (TPSA) is 105 Å². The number of benzene rings is 3. The Bertz CT molecular complexity index is 1180. The van der Waals surface area contributed by atoms with E-state index >= 15 is 0 Å². The predicted octanol–water partition coefficient (Wildman–Crippen LogP) is 3.20. The van der Waals surface area contributed by atoms with Gasteiger partial charge in [-0.1, -0.05) is 36.4 Å². The van der Waals surface area contributed by atoms with Crippen molar-refractivity contribution in [1.82, 2.24) is 10.2 Å². The van der Waals surface area contributed by atoms with Crippen LogP contribution in [0.5, 0.6) is 0 Å². The van der Waals surface area contributed by atoms with Crippen LogP contribution in [0.3, 0.4) is 0 Å². The first-order chi connectivity index (χ1) is 15.9. The molecule has 1 heterocycles. The van der Waals surface area contributed by atoms with Crippen molar-refractivity contribution in [2.75, 3.05) is 5.32 Å². The van der Waals surface area contributed by atoms with Gasteiger partial charge in [0.1, 0.15) is 11.9 Å². The third-order valence-corrected chi connectivity index (χ3v) is 5.51. The maximum atomic E-state index is 13.4. The Hall–Kier alpha value is -4.20. The molecule has 0 saturated heterocycles. The monoisotopic (exact) mass is 446 g/mol. The van der Waals surface area contributed by atoms with Gasteiger partial charge in [-0.15, -0.1) is 0 Å². The maximum Gasteiger partial charge on any atom is 0.322 e. The fourth-order valence-electron chi connectivity index (χ4n) is 3.73. The van der Waals surface area contributed by atoms with Gasteiger partial charge < -0.3 is 21.3 Å². The van der Waals surface area contributed by atoms with Crippen molar-refractivity contribution < 1.29 is 18.8 Å². The molecule has 1 atom stereocenters. The summed E-state index contributed by atoms with van der Waals surface area (Å²) < 4.78 is 13.4. The van der Waals surface area contributed by atoms with Crippen LogP contribution in [0, 0.1) is 5.82 Å². The van der Waals surface area contributed by atoms with Gasteiger partial charge in [0, 0.05) is 30.8 Å². The van der Waals surface area contributed by atoms with Crippen molar-refractivity contribution in [3.05, 3.63) is 101 Å². The smallest absolute Gasteiger partial charge is 0.322 e. The molecule has 8 heteroatoms. The highest BCUT2D eigenvalue weighted by molar-refractivity contribution is 5.98. The second-order valence-corrected chi connectivity index (χ2v) is 7.89. The summed E-state index contributed by atoms with van der Waals surface area (Å²) in [7, 11) is 0. The van der Waals surface area contributed by atoms with Gasteiger partial charge in [0.05, 0.1) is 0 Å². The molecule has 3 aromatic carbocycles. The molecule has 0 aromatic heterocycles. The second kappa shape index (κ2) is 9.52. The number of halogens is 1. The lowest BCUT2D eigenvalue weighted by Crippen LogP contribution is -2.45. The van der Waals surface area contributed by atoms with E-state index in [1.54, 1.807) is 35.2 Å². The van der Waals surface area contributed by atoms with E-state index in [2.05, 4.69) is 10.6 Å². The molecule has 0 aliphatic carbocycles. The summed E-state index contributed by atoms with van der Waals surface area (Å²) in [6.45, 7) is 0.729. The number of urea groups is 1. The Labute approximate surface area is 190 Å². The number of hydrogen-bond donors (Lipinski definition) is 3. The van der Waals surface area contributed by atoms with Crippen molar-refractivity contribution in [3.63, 3.8) is 0 Å². The van der Waals surface area contributed by atoms with Gasteiger partial charge >= 0.3 is 6.03 Å². The van der Waals surface area contributed by atoms with Crippen molar-refractivity contribution in [2.45, 2.75) is 25.6 Å². The summed E-state index contributed by atoms with van der Waals surface area (Å²) in [4.78, 5) is 38.6. The van der Waals surface area contributed by atoms with E-state index in [-0.39, 0.29) is 18.3 Å². The number of nitrogens with one attached hydrogen (secondary N) is 2. The molecule has 1 aliphatic heterocycles. The number of rotatable bonds is 6. The van der Waals surface area contributed by atoms with Gasteiger partial charge in [-0.05, 0) is 53.1 Å². The van der Waals surface area contributed by atoms with Crippen LogP contribution in [0.4, 0.5) is 14.9 Å². The molecule has 168 valence electrons. The first-order valence-corrected chi connectivity index (χ1v) is 10.5. The Morgan fingerprint density at radius 2 is 1.64 bits per heavy atom. The van der Waals surface area contributed by atoms with Crippen LogP contribution < -0.4 is 16.4 Å². The lowest BCUT2D eigenvalue weighted by atomic mass is 10.0. The molecule has 3 aromatic rings. The van der Waals surface area contributed by atoms with E-state index < -0.39 is 17.9 Å². The van der Waals surface area contributed by atoms with Gasteiger partial charge in [-0.25, -0.2) is 9.18 Å². The Morgan fingerprint density at radius 1 is 0.939 bits per heavy atom. The quantitative estimate of drug-likeness (QED) is 0.542. The average Bonchev–Trinajstić information content (AvgIpc) is 3.23. The standard InChI is InChI=1S/C25H23FN4O3/c26-20-9-6-18-14-30(15-19(18)13-20)25(33)28-21-10-7-17(8-11-21)24(32)29-22(23(27)31)12-16-4-2-1-3-5-16/h1-11,13,22H,12,14-15H2,(H2,27,31)(H,28,33)(H,29,32)/t22-/m1/s1. The van der Waals surface area contributed by atoms with Crippen molar-refractivity contribution >= 4 is 23.5 Å². The number of fused-ring (bicyclic) bond motifs is 1. The minimum absolute atomic E-state index is 0.290. The minimum Gasteiger partial charge on any atom is -0.368 e. The number of nitrogens with two attached hydrogens (primary N) is 1. The normalized spacial score (nSPS) is 13.2. The summed E-state index contributed by atoms with van der Waals surface area (Å²) in [5, 5.41) is 5.44. The number of hydrogen-bond acceptors (Lipinski definition) is 3. The number of carbonyl (C=O) groups excluding carboxylic acids is 3. The highest BCUT2D eigenvalue weighted by Crippen LogP contribution is 2.24. The molecule has 0 radical (unpaired) electrons. The number of nitrogens with zero attached hydrogens (tertiary/aromatic N) is 1. The molecule has 7 nitrogen and oxygen atoms in total. The van der Waals surface area contributed by atoms with Gasteiger partial charge in [0.25, 0.3) is 5.91 Å². The summed E-state index contributed by atoms with van der Waals surface area (Å²) >= 11 is 0. The number of anilines is 1. The molecule has 0 saturated carbocycles. The number of carbonyl (C=O) groups is 3. The molecule has 0 unspecified atom stereocenters. The van der Waals surface area contributed by atoms with Gasteiger partial charge in [-0.3, -0.25) is 9.59 Å². The summed E-state index contributed by atoms with van der Waals surface area (Å²) in [6, 6.07) is 18.9. The molecular weight excluding hydrogens is 423 g/mol. The van der Waals surface area contributed by atoms with Crippen LogP contribution in [0.2, 0.25) is 0 Å². The van der Waals surface area contributed by atoms with E-state index in [0.29, 0.717) is 24.3 Å². The zero-order valence-electron chi connectivity index (χ0n) is 17.8. The fraction of sp³-hybridized carbons (Fsp3) is 0.160. The molecular formula is C25H23FN4O3. The van der Waals surface area contributed by atoms with Crippen LogP contribution in [0.25, 0.3) is 0 Å². The highest BCUT2D eigenvalue weighted by atomic mass is 19.1. The van der Waals surface area contributed by atoms with E-state index in [1.807, 2.05) is 30.3 Å². The summed E-state index contributed by atoms with van der Waals surface area (Å²) in [5.74, 6) is -1.39. The third kappa shape index (κ3) is 5.35. The summed E-state index contributed by atoms with van der Waals surface area (Å²) in [6.07, 6.45) is 0.290. The molecule has 0 spiro atoms. The van der Waals surface area contributed by atoms with Crippen molar-refractivity contribution in [1.29, 1.82) is 0 Å². The van der Waals surface area contributed by atoms with E-state index in [1.165, 1.54) is 12.1 Å². The number of amides is 4. The summed E-state index contributed by atoms with van der Waals surface area (Å²) in [5.41, 5.74) is 8.89. The van der Waals surface area contributed by atoms with E-state index in [0.717, 1.165) is 16.7 Å². The van der Waals surface area contributed by atoms with Crippen molar-refractivity contribution in [2.24, 2.45) is 5.73 Å². The van der Waals surface area contributed by atoms with Crippen molar-refractivity contribution in [3.8, 4) is 0 Å². The molecule has 4 rings (SSSR count). The lowest BCUT2D eigenvalue weighted by Gasteiger charge is -2.17. The molecule has 4 amide bonds. The Balaban J connectivity index is 1.35. The van der Waals surface area contributed by atoms with Crippen LogP contribution in [-0.4, -0.2) is 28.8 Å². The van der Waals surface area contributed by atoms with E-state index in [4.69, 9.17) is 5.73 Å². The Morgan fingerprint density at radius 3 is 2.33 bits per heavy atom. The first-order valence-electron chi connectivity index (χ1n) is 10.5. The van der Waals surface area contributed by atoms with Gasteiger partial charge in [0.15, 0.2) is 0 Å². The van der Waals surface area contributed by atoms with Gasteiger partial charge in [-0.2, -0.15) is 0 Å². The lowest BCUT2D eigenvalue weighted by molar-refractivity contribution is -0.119. The van der Waals surface area contributed by atoms with Crippen LogP contribution in [0.1, 0.15) is 27.0 Å². The molecule has 0 bridgehead atoms. The van der Waals surface area contributed by atoms with E-state index in [9.17, 15) is 18.8 Å². The largest absolute Gasteiger partial charge is 0.368 e. The minimum atomic E-state index is -0.846. The highest BCUT2D eigenvalue weighted by Gasteiger charge is 2.24. The molecule has 4 N–H and O–H groups in total. The third-order valence-electron chi connectivity index (χ3n) is 5.51. The zero-order valence-corrected chi connectivity index (χ0v) is 17.8. The van der Waals surface area contributed by atoms with Crippen LogP contribution >= 0.6 is 0 Å².